The van der Waals surface area contributed by atoms with Crippen LogP contribution in [-0.2, 0) is 6.54 Å². The lowest BCUT2D eigenvalue weighted by atomic mass is 10.0. The third-order valence-electron chi connectivity index (χ3n) is 7.03. The maximum absolute atomic E-state index is 13.2. The second-order valence-electron chi connectivity index (χ2n) is 9.63. The molecule has 0 atom stereocenters. The Bertz CT molecular complexity index is 1470. The van der Waals surface area contributed by atoms with Gasteiger partial charge >= 0.3 is 6.03 Å². The Morgan fingerprint density at radius 2 is 1.76 bits per heavy atom. The zero-order valence-electron chi connectivity index (χ0n) is 21.1. The van der Waals surface area contributed by atoms with Gasteiger partial charge in [-0.25, -0.2) is 4.79 Å². The lowest BCUT2D eigenvalue weighted by Crippen LogP contribution is -2.31. The molecule has 1 aromatic heterocycles. The fourth-order valence-corrected chi connectivity index (χ4v) is 5.01. The highest BCUT2D eigenvalue weighted by molar-refractivity contribution is 6.30. The summed E-state index contributed by atoms with van der Waals surface area (Å²) in [6.07, 6.45) is 4.22. The number of nitrogens with one attached hydrogen (secondary N) is 2. The molecule has 0 aliphatic heterocycles. The van der Waals surface area contributed by atoms with Gasteiger partial charge in [0.2, 0.25) is 0 Å². The minimum absolute atomic E-state index is 0.0400. The van der Waals surface area contributed by atoms with E-state index in [2.05, 4.69) is 15.7 Å². The molecule has 0 radical (unpaired) electrons. The van der Waals surface area contributed by atoms with Crippen molar-refractivity contribution in [3.05, 3.63) is 100 Å². The number of carbonyl (C=O) groups excluding carboxylic acids is 2. The summed E-state index contributed by atoms with van der Waals surface area (Å²) in [5, 5.41) is 21.8. The van der Waals surface area contributed by atoms with Crippen LogP contribution in [0.25, 0.3) is 11.3 Å². The van der Waals surface area contributed by atoms with Gasteiger partial charge in [-0.15, -0.1) is 0 Å². The van der Waals surface area contributed by atoms with Crippen molar-refractivity contribution in [3.63, 3.8) is 0 Å². The number of phenols is 1. The van der Waals surface area contributed by atoms with Crippen LogP contribution in [0.5, 0.6) is 5.75 Å². The Balaban J connectivity index is 1.38. The molecule has 7 nitrogen and oxygen atoms in total. The minimum atomic E-state index is -0.313. The lowest BCUT2D eigenvalue weighted by molar-refractivity contribution is 0.102. The van der Waals surface area contributed by atoms with Crippen LogP contribution in [0.15, 0.2) is 72.8 Å². The van der Waals surface area contributed by atoms with E-state index in [-0.39, 0.29) is 23.6 Å². The number of hydrogen-bond acceptors (Lipinski definition) is 4. The van der Waals surface area contributed by atoms with Crippen LogP contribution in [0, 0.1) is 6.92 Å². The van der Waals surface area contributed by atoms with Gasteiger partial charge in [0.15, 0.2) is 0 Å². The van der Waals surface area contributed by atoms with E-state index in [9.17, 15) is 14.7 Å². The third kappa shape index (κ3) is 5.58. The molecule has 1 fully saturated rings. The van der Waals surface area contributed by atoms with Crippen molar-refractivity contribution in [2.24, 2.45) is 0 Å². The Hall–Kier alpha value is -4.10. The summed E-state index contributed by atoms with van der Waals surface area (Å²) in [6.45, 7) is 2.42. The molecule has 1 saturated carbocycles. The van der Waals surface area contributed by atoms with Crippen molar-refractivity contribution >= 4 is 29.2 Å². The molecule has 0 unspecified atom stereocenters. The summed E-state index contributed by atoms with van der Waals surface area (Å²) in [5.41, 5.74) is 4.89. The van der Waals surface area contributed by atoms with Crippen molar-refractivity contribution in [2.45, 2.75) is 45.1 Å². The summed E-state index contributed by atoms with van der Waals surface area (Å²) in [5.74, 6) is -0.116. The number of aromatic nitrogens is 2. The number of amides is 2. The quantitative estimate of drug-likeness (QED) is 0.254. The number of aromatic hydroxyl groups is 1. The molecule has 3 N–H and O–H groups in total. The predicted molar refractivity (Wildman–Crippen MR) is 149 cm³/mol. The Morgan fingerprint density at radius 3 is 2.47 bits per heavy atom. The Morgan fingerprint density at radius 1 is 1.03 bits per heavy atom. The van der Waals surface area contributed by atoms with E-state index in [1.165, 1.54) is 10.7 Å². The SMILES string of the molecule is Cc1ccccc1CNC(=O)n1nc(-c2ccc(NC(=O)c3ccc(Cl)cc3)cc2O)cc1C1CCCC1. The summed E-state index contributed by atoms with van der Waals surface area (Å²) >= 11 is 5.90. The van der Waals surface area contributed by atoms with Crippen molar-refractivity contribution in [1.29, 1.82) is 0 Å². The third-order valence-corrected chi connectivity index (χ3v) is 7.28. The molecule has 0 saturated heterocycles. The van der Waals surface area contributed by atoms with Gasteiger partial charge in [0, 0.05) is 40.4 Å². The van der Waals surface area contributed by atoms with Gasteiger partial charge in [0.05, 0.1) is 11.4 Å². The van der Waals surface area contributed by atoms with E-state index in [0.717, 1.165) is 42.5 Å². The molecule has 3 aromatic carbocycles. The van der Waals surface area contributed by atoms with Gasteiger partial charge < -0.3 is 15.7 Å². The highest BCUT2D eigenvalue weighted by atomic mass is 35.5. The maximum atomic E-state index is 13.2. The maximum Gasteiger partial charge on any atom is 0.342 e. The first-order valence-electron chi connectivity index (χ1n) is 12.7. The number of anilines is 1. The number of benzene rings is 3. The molecular formula is C30H29ClN4O3. The molecule has 194 valence electrons. The molecule has 1 aliphatic rings. The van der Waals surface area contributed by atoms with Crippen LogP contribution in [0.3, 0.4) is 0 Å². The molecule has 38 heavy (non-hydrogen) atoms. The monoisotopic (exact) mass is 528 g/mol. The number of hydrogen-bond donors (Lipinski definition) is 3. The zero-order chi connectivity index (χ0) is 26.6. The number of nitrogens with zero attached hydrogens (tertiary/aromatic N) is 2. The van der Waals surface area contributed by atoms with Crippen molar-refractivity contribution < 1.29 is 14.7 Å². The second kappa shape index (κ2) is 11.1. The van der Waals surface area contributed by atoms with Crippen LogP contribution in [-0.4, -0.2) is 26.8 Å². The van der Waals surface area contributed by atoms with Crippen molar-refractivity contribution in [3.8, 4) is 17.0 Å². The van der Waals surface area contributed by atoms with Gasteiger partial charge in [-0.1, -0.05) is 48.7 Å². The standard InChI is InChI=1S/C30H29ClN4O3/c1-19-6-2-3-9-22(19)18-32-30(38)35-27(20-7-4-5-8-20)17-26(34-35)25-15-14-24(16-28(25)36)33-29(37)21-10-12-23(31)13-11-21/h2-3,6,9-17,20,36H,4-5,7-8,18H2,1H3,(H,32,38)(H,33,37). The van der Waals surface area contributed by atoms with E-state index in [4.69, 9.17) is 11.6 Å². The predicted octanol–water partition coefficient (Wildman–Crippen LogP) is 6.89. The normalized spacial score (nSPS) is 13.4. The summed E-state index contributed by atoms with van der Waals surface area (Å²) in [4.78, 5) is 25.8. The topological polar surface area (TPSA) is 96.3 Å². The molecule has 1 aliphatic carbocycles. The first-order chi connectivity index (χ1) is 18.4. The Kier molecular flexibility index (Phi) is 7.47. The number of aryl methyl sites for hydroxylation is 1. The van der Waals surface area contributed by atoms with E-state index in [1.807, 2.05) is 37.3 Å². The van der Waals surface area contributed by atoms with Crippen molar-refractivity contribution in [1.82, 2.24) is 15.1 Å². The number of halogens is 1. The molecule has 1 heterocycles. The van der Waals surface area contributed by atoms with Gasteiger partial charge in [0.25, 0.3) is 5.91 Å². The fourth-order valence-electron chi connectivity index (χ4n) is 4.89. The minimum Gasteiger partial charge on any atom is -0.507 e. The van der Waals surface area contributed by atoms with E-state index < -0.39 is 0 Å². The van der Waals surface area contributed by atoms with Crippen LogP contribution in [0.4, 0.5) is 10.5 Å². The first-order valence-corrected chi connectivity index (χ1v) is 13.1. The molecule has 5 rings (SSSR count). The van der Waals surface area contributed by atoms with E-state index >= 15 is 0 Å². The van der Waals surface area contributed by atoms with E-state index in [1.54, 1.807) is 36.4 Å². The lowest BCUT2D eigenvalue weighted by Gasteiger charge is -2.13. The Labute approximate surface area is 226 Å². The fraction of sp³-hybridized carbons (Fsp3) is 0.233. The first kappa shape index (κ1) is 25.5. The summed E-state index contributed by atoms with van der Waals surface area (Å²) in [7, 11) is 0. The number of carbonyl (C=O) groups is 2. The number of rotatable bonds is 6. The molecular weight excluding hydrogens is 500 g/mol. The van der Waals surface area contributed by atoms with Crippen molar-refractivity contribution in [2.75, 3.05) is 5.32 Å². The van der Waals surface area contributed by atoms with Gasteiger partial charge in [-0.3, -0.25) is 4.79 Å². The summed E-state index contributed by atoms with van der Waals surface area (Å²) in [6, 6.07) is 21.0. The van der Waals surface area contributed by atoms with Crippen LogP contribution < -0.4 is 10.6 Å². The van der Waals surface area contributed by atoms with Crippen LogP contribution >= 0.6 is 11.6 Å². The molecule has 8 heteroatoms. The van der Waals surface area contributed by atoms with Crippen LogP contribution in [0.1, 0.15) is 58.8 Å². The highest BCUT2D eigenvalue weighted by Gasteiger charge is 2.26. The average Bonchev–Trinajstić information content (AvgIpc) is 3.59. The molecule has 2 amide bonds. The second-order valence-corrected chi connectivity index (χ2v) is 10.1. The largest absolute Gasteiger partial charge is 0.507 e. The van der Waals surface area contributed by atoms with Gasteiger partial charge in [-0.05, 0) is 73.4 Å². The highest BCUT2D eigenvalue weighted by Crippen LogP contribution is 2.38. The smallest absolute Gasteiger partial charge is 0.342 e. The number of phenolic OH excluding ortho intramolecular Hbond substituents is 1. The molecule has 4 aromatic rings. The molecule has 0 spiro atoms. The average molecular weight is 529 g/mol. The van der Waals surface area contributed by atoms with Gasteiger partial charge in [-0.2, -0.15) is 9.78 Å². The van der Waals surface area contributed by atoms with Crippen LogP contribution in [0.2, 0.25) is 5.02 Å². The molecule has 0 bridgehead atoms. The zero-order valence-corrected chi connectivity index (χ0v) is 21.8. The van der Waals surface area contributed by atoms with E-state index in [0.29, 0.717) is 34.1 Å². The van der Waals surface area contributed by atoms with Gasteiger partial charge in [0.1, 0.15) is 5.75 Å². The summed E-state index contributed by atoms with van der Waals surface area (Å²) < 4.78 is 1.44.